The molecule has 1 aromatic rings. The Bertz CT molecular complexity index is 825. The highest BCUT2D eigenvalue weighted by molar-refractivity contribution is 5.35. The summed E-state index contributed by atoms with van der Waals surface area (Å²) in [7, 11) is 0. The van der Waals surface area contributed by atoms with Crippen LogP contribution in [0.3, 0.4) is 0 Å². The fraction of sp³-hybridized carbons (Fsp3) is 0.800. The topological polar surface area (TPSA) is 57.2 Å². The van der Waals surface area contributed by atoms with Gasteiger partial charge in [-0.05, 0) is 67.8 Å². The van der Waals surface area contributed by atoms with Gasteiger partial charge in [0.2, 0.25) is 0 Å². The molecule has 7 unspecified atom stereocenters. The Morgan fingerprint density at radius 2 is 1.80 bits per heavy atom. The fourth-order valence-electron chi connectivity index (χ4n) is 6.39. The molecule has 3 aliphatic rings. The molecule has 1 heterocycles. The molecule has 1 N–H and O–H groups in total. The van der Waals surface area contributed by atoms with E-state index in [1.807, 2.05) is 24.3 Å². The number of hydrogen-bond acceptors (Lipinski definition) is 5. The Morgan fingerprint density at radius 3 is 2.54 bits per heavy atom. The van der Waals surface area contributed by atoms with Crippen molar-refractivity contribution in [3.8, 4) is 5.75 Å². The van der Waals surface area contributed by atoms with E-state index in [0.717, 1.165) is 43.4 Å². The van der Waals surface area contributed by atoms with Crippen LogP contribution in [-0.2, 0) is 14.2 Å². The van der Waals surface area contributed by atoms with Crippen LogP contribution in [0.4, 0.5) is 0 Å². The van der Waals surface area contributed by atoms with Crippen molar-refractivity contribution in [1.29, 1.82) is 0 Å². The van der Waals surface area contributed by atoms with Crippen molar-refractivity contribution in [2.75, 3.05) is 13.2 Å². The minimum absolute atomic E-state index is 0.0837. The second kappa shape index (κ2) is 11.1. The average molecular weight is 489 g/mol. The maximum Gasteiger partial charge on any atom is 0.188 e. The van der Waals surface area contributed by atoms with Crippen molar-refractivity contribution in [2.45, 2.75) is 117 Å². The Kier molecular flexibility index (Phi) is 8.52. The minimum atomic E-state index is -0.598. The quantitative estimate of drug-likeness (QED) is 0.442. The second-order valence-electron chi connectivity index (χ2n) is 12.3. The summed E-state index contributed by atoms with van der Waals surface area (Å²) in [5, 5.41) is 11.2. The molecule has 7 atom stereocenters. The number of aliphatic hydroxyl groups excluding tert-OH is 1. The summed E-state index contributed by atoms with van der Waals surface area (Å²) in [4.78, 5) is 0. The lowest BCUT2D eigenvalue weighted by atomic mass is 9.67. The lowest BCUT2D eigenvalue weighted by molar-refractivity contribution is -0.134. The lowest BCUT2D eigenvalue weighted by Crippen LogP contribution is -2.56. The van der Waals surface area contributed by atoms with E-state index in [-0.39, 0.29) is 17.9 Å². The first kappa shape index (κ1) is 26.9. The number of benzene rings is 1. The molecule has 4 rings (SSSR count). The molecule has 0 spiro atoms. The highest BCUT2D eigenvalue weighted by atomic mass is 16.7. The zero-order valence-electron chi connectivity index (χ0n) is 22.8. The summed E-state index contributed by atoms with van der Waals surface area (Å²) in [6.07, 6.45) is 6.97. The van der Waals surface area contributed by atoms with E-state index in [0.29, 0.717) is 30.7 Å². The van der Waals surface area contributed by atoms with Crippen LogP contribution in [0.2, 0.25) is 0 Å². The third-order valence-corrected chi connectivity index (χ3v) is 9.35. The van der Waals surface area contributed by atoms with Gasteiger partial charge in [0.25, 0.3) is 0 Å². The predicted molar refractivity (Wildman–Crippen MR) is 138 cm³/mol. The van der Waals surface area contributed by atoms with Crippen LogP contribution < -0.4 is 4.74 Å². The van der Waals surface area contributed by atoms with Crippen molar-refractivity contribution in [3.05, 3.63) is 29.8 Å². The van der Waals surface area contributed by atoms with E-state index in [1.54, 1.807) is 0 Å². The molecule has 35 heavy (non-hydrogen) atoms. The molecule has 2 aliphatic carbocycles. The second-order valence-corrected chi connectivity index (χ2v) is 12.3. The van der Waals surface area contributed by atoms with E-state index < -0.39 is 18.0 Å². The number of rotatable bonds is 8. The predicted octanol–water partition coefficient (Wildman–Crippen LogP) is 6.68. The van der Waals surface area contributed by atoms with Crippen LogP contribution in [0.15, 0.2) is 24.3 Å². The van der Waals surface area contributed by atoms with Crippen molar-refractivity contribution in [2.24, 2.45) is 23.2 Å². The number of hydrogen-bond donors (Lipinski definition) is 1. The van der Waals surface area contributed by atoms with E-state index in [9.17, 15) is 5.11 Å². The van der Waals surface area contributed by atoms with E-state index in [1.165, 1.54) is 12.8 Å². The monoisotopic (exact) mass is 488 g/mol. The summed E-state index contributed by atoms with van der Waals surface area (Å²) < 4.78 is 25.5. The summed E-state index contributed by atoms with van der Waals surface area (Å²) in [5.74, 6) is 1.82. The normalized spacial score (nSPS) is 38.3. The summed E-state index contributed by atoms with van der Waals surface area (Å²) >= 11 is 0. The van der Waals surface area contributed by atoms with E-state index in [2.05, 4.69) is 41.5 Å². The molecular weight excluding hydrogens is 440 g/mol. The zero-order chi connectivity index (χ0) is 25.2. The van der Waals surface area contributed by atoms with Gasteiger partial charge in [-0.3, -0.25) is 0 Å². The largest absolute Gasteiger partial charge is 0.484 e. The average Bonchev–Trinajstić information content (AvgIpc) is 3.30. The van der Waals surface area contributed by atoms with Crippen molar-refractivity contribution in [3.63, 3.8) is 0 Å². The fourth-order valence-corrected chi connectivity index (χ4v) is 6.39. The molecule has 3 fully saturated rings. The Balaban J connectivity index is 1.40. The summed E-state index contributed by atoms with van der Waals surface area (Å²) in [6, 6.07) is 7.98. The summed E-state index contributed by atoms with van der Waals surface area (Å²) in [5.41, 5.74) is 0.659. The number of ether oxygens (including phenoxy) is 4. The third kappa shape index (κ3) is 5.74. The smallest absolute Gasteiger partial charge is 0.188 e. The molecule has 0 radical (unpaired) electrons. The molecule has 0 aromatic heterocycles. The molecule has 0 amide bonds. The molecular formula is C30H48O5. The van der Waals surface area contributed by atoms with Gasteiger partial charge in [-0.15, -0.1) is 0 Å². The Hall–Kier alpha value is -1.14. The van der Waals surface area contributed by atoms with Gasteiger partial charge in [0.15, 0.2) is 6.29 Å². The maximum atomic E-state index is 11.2. The highest BCUT2D eigenvalue weighted by Gasteiger charge is 2.48. The Labute approximate surface area is 212 Å². The number of para-hydroxylation sites is 1. The van der Waals surface area contributed by atoms with Crippen LogP contribution in [0, 0.1) is 23.2 Å². The van der Waals surface area contributed by atoms with Crippen LogP contribution in [0.1, 0.15) is 98.3 Å². The van der Waals surface area contributed by atoms with Gasteiger partial charge in [0.05, 0.1) is 25.4 Å². The molecule has 2 saturated carbocycles. The molecule has 1 aliphatic heterocycles. The van der Waals surface area contributed by atoms with Crippen molar-refractivity contribution >= 4 is 0 Å². The van der Waals surface area contributed by atoms with Gasteiger partial charge in [-0.25, -0.2) is 0 Å². The molecule has 1 saturated heterocycles. The molecule has 0 bridgehead atoms. The van der Waals surface area contributed by atoms with E-state index >= 15 is 0 Å². The Morgan fingerprint density at radius 1 is 1.06 bits per heavy atom. The lowest BCUT2D eigenvalue weighted by Gasteiger charge is -2.47. The standard InChI is InChI=1S/C30H48O5/c1-20(2)29(6)15-10-12-23(17-29)32-18-24-19-33-28(34-24)25-13-7-8-14-26(25)35-30(21(3)4)16-9-11-22(5)27(30)31/h7-8,13-14,20-24,27-28,31H,9-12,15-19H2,1-6H3. The third-order valence-electron chi connectivity index (χ3n) is 9.35. The van der Waals surface area contributed by atoms with Gasteiger partial charge >= 0.3 is 0 Å². The van der Waals surface area contributed by atoms with Gasteiger partial charge in [-0.2, -0.15) is 0 Å². The van der Waals surface area contributed by atoms with Crippen LogP contribution in [0.5, 0.6) is 5.75 Å². The van der Waals surface area contributed by atoms with E-state index in [4.69, 9.17) is 18.9 Å². The first-order valence-corrected chi connectivity index (χ1v) is 14.0. The van der Waals surface area contributed by atoms with Crippen molar-refractivity contribution < 1.29 is 24.1 Å². The molecule has 198 valence electrons. The first-order chi connectivity index (χ1) is 16.6. The first-order valence-electron chi connectivity index (χ1n) is 14.0. The van der Waals surface area contributed by atoms with Crippen LogP contribution in [-0.4, -0.2) is 42.2 Å². The van der Waals surface area contributed by atoms with Crippen molar-refractivity contribution in [1.82, 2.24) is 0 Å². The minimum Gasteiger partial charge on any atom is -0.484 e. The molecule has 5 nitrogen and oxygen atoms in total. The van der Waals surface area contributed by atoms with Gasteiger partial charge < -0.3 is 24.1 Å². The van der Waals surface area contributed by atoms with Gasteiger partial charge in [-0.1, -0.05) is 66.2 Å². The zero-order valence-corrected chi connectivity index (χ0v) is 22.8. The highest BCUT2D eigenvalue weighted by Crippen LogP contribution is 2.45. The van der Waals surface area contributed by atoms with Gasteiger partial charge in [0.1, 0.15) is 17.5 Å². The molecule has 1 aromatic carbocycles. The number of aliphatic hydroxyl groups is 1. The summed E-state index contributed by atoms with van der Waals surface area (Å²) in [6.45, 7) is 14.6. The SMILES string of the molecule is CC1CCCC(Oc2ccccc2C2OCC(COC3CCCC(C)(C(C)C)C3)O2)(C(C)C)C1O. The maximum absolute atomic E-state index is 11.2. The van der Waals surface area contributed by atoms with Crippen LogP contribution in [0.25, 0.3) is 0 Å². The molecule has 5 heteroatoms. The van der Waals surface area contributed by atoms with Crippen LogP contribution >= 0.6 is 0 Å². The van der Waals surface area contributed by atoms with Gasteiger partial charge in [0, 0.05) is 5.56 Å².